The van der Waals surface area contributed by atoms with Crippen molar-refractivity contribution in [3.63, 3.8) is 0 Å². The summed E-state index contributed by atoms with van der Waals surface area (Å²) in [7, 11) is 0. The van der Waals surface area contributed by atoms with Gasteiger partial charge >= 0.3 is 0 Å². The van der Waals surface area contributed by atoms with Crippen LogP contribution >= 0.6 is 34.8 Å². The molecule has 2 aromatic rings. The van der Waals surface area contributed by atoms with Crippen LogP contribution in [0, 0.1) is 3.57 Å². The first-order valence-electron chi connectivity index (χ1n) is 7.18. The van der Waals surface area contributed by atoms with E-state index in [2.05, 4.69) is 33.2 Å². The zero-order valence-corrected chi connectivity index (χ0v) is 15.4. The maximum absolute atomic E-state index is 11.8. The minimum absolute atomic E-state index is 0.121. The van der Waals surface area contributed by atoms with Gasteiger partial charge in [0.2, 0.25) is 5.91 Å². The molecule has 0 unspecified atom stereocenters. The molecule has 0 fully saturated rings. The molecule has 0 radical (unpaired) electrons. The Morgan fingerprint density at radius 2 is 1.78 bits per heavy atom. The summed E-state index contributed by atoms with van der Waals surface area (Å²) in [5.74, 6) is 0.688. The molecule has 0 aromatic heterocycles. The van der Waals surface area contributed by atoms with Crippen molar-refractivity contribution in [2.24, 2.45) is 0 Å². The lowest BCUT2D eigenvalue weighted by atomic mass is 10.3. The average molecular weight is 440 g/mol. The predicted octanol–water partition coefficient (Wildman–Crippen LogP) is 3.96. The average Bonchev–Trinajstić information content (AvgIpc) is 2.55. The number of hydrogen-bond acceptors (Lipinski definition) is 3. The number of ether oxygens (including phenoxy) is 1. The van der Waals surface area contributed by atoms with Crippen LogP contribution in [0.15, 0.2) is 54.6 Å². The molecule has 0 aliphatic rings. The largest absolute Gasteiger partial charge is 0.494 e. The summed E-state index contributed by atoms with van der Waals surface area (Å²) in [5.41, 5.74) is 0.850. The topological polar surface area (TPSA) is 50.4 Å². The Balaban J connectivity index is 1.64. The summed E-state index contributed by atoms with van der Waals surface area (Å²) < 4.78 is 6.68. The molecule has 0 aliphatic heterocycles. The number of amides is 1. The first kappa shape index (κ1) is 17.7. The van der Waals surface area contributed by atoms with E-state index < -0.39 is 0 Å². The van der Waals surface area contributed by atoms with E-state index in [1.54, 1.807) is 0 Å². The Morgan fingerprint density at radius 1 is 1.09 bits per heavy atom. The first-order valence-corrected chi connectivity index (χ1v) is 8.66. The van der Waals surface area contributed by atoms with E-state index in [9.17, 15) is 4.79 Å². The van der Waals surface area contributed by atoms with E-state index in [4.69, 9.17) is 17.0 Å². The third-order valence-electron chi connectivity index (χ3n) is 2.92. The number of hydrogen-bond donors (Lipinski definition) is 2. The number of anilines is 1. The minimum atomic E-state index is -0.121. The smallest absolute Gasteiger partial charge is 0.226 e. The SMILES string of the molecule is O=C(CCCOc1ccccc1)NC(=S)Nc1ccc(I)cc1. The van der Waals surface area contributed by atoms with E-state index >= 15 is 0 Å². The second-order valence-electron chi connectivity index (χ2n) is 4.77. The van der Waals surface area contributed by atoms with Crippen molar-refractivity contribution in [3.05, 3.63) is 58.2 Å². The van der Waals surface area contributed by atoms with E-state index in [0.29, 0.717) is 24.6 Å². The lowest BCUT2D eigenvalue weighted by molar-refractivity contribution is -0.119. The zero-order valence-electron chi connectivity index (χ0n) is 12.4. The van der Waals surface area contributed by atoms with Crippen LogP contribution in [0.25, 0.3) is 0 Å². The van der Waals surface area contributed by atoms with Gasteiger partial charge in [0.05, 0.1) is 6.61 Å². The van der Waals surface area contributed by atoms with Gasteiger partial charge in [-0.3, -0.25) is 4.79 Å². The highest BCUT2D eigenvalue weighted by molar-refractivity contribution is 14.1. The van der Waals surface area contributed by atoms with Crippen molar-refractivity contribution in [1.29, 1.82) is 0 Å². The van der Waals surface area contributed by atoms with Crippen molar-refractivity contribution in [1.82, 2.24) is 5.32 Å². The van der Waals surface area contributed by atoms with Crippen LogP contribution < -0.4 is 15.4 Å². The lowest BCUT2D eigenvalue weighted by Crippen LogP contribution is -2.34. The molecule has 2 aromatic carbocycles. The van der Waals surface area contributed by atoms with Gasteiger partial charge in [-0.15, -0.1) is 0 Å². The Hall–Kier alpha value is -1.67. The number of halogens is 1. The van der Waals surface area contributed by atoms with Crippen LogP contribution in [0.4, 0.5) is 5.69 Å². The lowest BCUT2D eigenvalue weighted by Gasteiger charge is -2.10. The number of para-hydroxylation sites is 1. The number of carbonyl (C=O) groups excluding carboxylic acids is 1. The fourth-order valence-corrected chi connectivity index (χ4v) is 2.42. The number of benzene rings is 2. The van der Waals surface area contributed by atoms with Crippen molar-refractivity contribution >= 4 is 51.5 Å². The summed E-state index contributed by atoms with van der Waals surface area (Å²) in [6.07, 6.45) is 0.994. The molecule has 120 valence electrons. The van der Waals surface area contributed by atoms with Gasteiger partial charge in [0.1, 0.15) is 5.75 Å². The van der Waals surface area contributed by atoms with Crippen LogP contribution in [0.2, 0.25) is 0 Å². The van der Waals surface area contributed by atoms with Crippen LogP contribution in [0.3, 0.4) is 0 Å². The number of nitrogens with one attached hydrogen (secondary N) is 2. The second-order valence-corrected chi connectivity index (χ2v) is 6.43. The third kappa shape index (κ3) is 6.96. The highest BCUT2D eigenvalue weighted by Crippen LogP contribution is 2.11. The molecular formula is C17H17IN2O2S. The zero-order chi connectivity index (χ0) is 16.5. The van der Waals surface area contributed by atoms with Gasteiger partial charge in [0.15, 0.2) is 5.11 Å². The van der Waals surface area contributed by atoms with Crippen LogP contribution in [0.1, 0.15) is 12.8 Å². The van der Waals surface area contributed by atoms with Crippen LogP contribution in [-0.4, -0.2) is 17.6 Å². The fraction of sp³-hybridized carbons (Fsp3) is 0.176. The van der Waals surface area contributed by atoms with Gasteiger partial charge in [0, 0.05) is 15.7 Å². The van der Waals surface area contributed by atoms with Crippen molar-refractivity contribution < 1.29 is 9.53 Å². The maximum atomic E-state index is 11.8. The molecule has 0 bridgehead atoms. The van der Waals surface area contributed by atoms with E-state index in [1.807, 2.05) is 54.6 Å². The normalized spacial score (nSPS) is 9.96. The number of rotatable bonds is 6. The molecule has 0 saturated carbocycles. The molecule has 1 amide bonds. The van der Waals surface area contributed by atoms with Gasteiger partial charge in [-0.1, -0.05) is 18.2 Å². The number of thiocarbonyl (C=S) groups is 1. The minimum Gasteiger partial charge on any atom is -0.494 e. The second kappa shape index (κ2) is 9.46. The quantitative estimate of drug-likeness (QED) is 0.406. The molecule has 2 N–H and O–H groups in total. The molecule has 0 heterocycles. The Kier molecular flexibility index (Phi) is 7.28. The van der Waals surface area contributed by atoms with Crippen molar-refractivity contribution in [3.8, 4) is 5.75 Å². The molecule has 0 saturated heterocycles. The summed E-state index contributed by atoms with van der Waals surface area (Å²) >= 11 is 7.36. The van der Waals surface area contributed by atoms with Gasteiger partial charge < -0.3 is 15.4 Å². The van der Waals surface area contributed by atoms with E-state index in [1.165, 1.54) is 0 Å². The predicted molar refractivity (Wildman–Crippen MR) is 105 cm³/mol. The Labute approximate surface area is 154 Å². The molecule has 0 atom stereocenters. The van der Waals surface area contributed by atoms with Crippen LogP contribution in [0.5, 0.6) is 5.75 Å². The fourth-order valence-electron chi connectivity index (χ4n) is 1.82. The van der Waals surface area contributed by atoms with Gasteiger partial charge in [-0.05, 0) is 77.6 Å². The molecule has 0 spiro atoms. The van der Waals surface area contributed by atoms with Gasteiger partial charge in [-0.2, -0.15) is 0 Å². The highest BCUT2D eigenvalue weighted by Gasteiger charge is 2.05. The highest BCUT2D eigenvalue weighted by atomic mass is 127. The summed E-state index contributed by atoms with van der Waals surface area (Å²) in [5, 5.41) is 5.95. The third-order valence-corrected chi connectivity index (χ3v) is 3.84. The molecule has 2 rings (SSSR count). The molecule has 0 aliphatic carbocycles. The molecule has 23 heavy (non-hydrogen) atoms. The monoisotopic (exact) mass is 440 g/mol. The van der Waals surface area contributed by atoms with E-state index in [0.717, 1.165) is 15.0 Å². The van der Waals surface area contributed by atoms with Gasteiger partial charge in [0.25, 0.3) is 0 Å². The van der Waals surface area contributed by atoms with E-state index in [-0.39, 0.29) is 5.91 Å². The van der Waals surface area contributed by atoms with Crippen molar-refractivity contribution in [2.45, 2.75) is 12.8 Å². The summed E-state index contributed by atoms with van der Waals surface area (Å²) in [4.78, 5) is 11.8. The summed E-state index contributed by atoms with van der Waals surface area (Å²) in [6, 6.07) is 17.3. The molecular weight excluding hydrogens is 423 g/mol. The van der Waals surface area contributed by atoms with Gasteiger partial charge in [-0.25, -0.2) is 0 Å². The van der Waals surface area contributed by atoms with Crippen molar-refractivity contribution in [2.75, 3.05) is 11.9 Å². The molecule has 4 nitrogen and oxygen atoms in total. The standard InChI is InChI=1S/C17H17IN2O2S/c18-13-8-10-14(11-9-13)19-17(23)20-16(21)7-4-12-22-15-5-2-1-3-6-15/h1-3,5-6,8-11H,4,7,12H2,(H2,19,20,21,23). The molecule has 6 heteroatoms. The Bertz CT molecular complexity index is 647. The maximum Gasteiger partial charge on any atom is 0.226 e. The number of carbonyl (C=O) groups is 1. The first-order chi connectivity index (χ1) is 11.1. The Morgan fingerprint density at radius 3 is 2.48 bits per heavy atom. The van der Waals surface area contributed by atoms with Crippen LogP contribution in [-0.2, 0) is 4.79 Å². The summed E-state index contributed by atoms with van der Waals surface area (Å²) in [6.45, 7) is 0.495.